The Balaban J connectivity index is 0.000000709. The van der Waals surface area contributed by atoms with Gasteiger partial charge in [-0.25, -0.2) is 4.98 Å². The van der Waals surface area contributed by atoms with Gasteiger partial charge in [0, 0.05) is 28.0 Å². The van der Waals surface area contributed by atoms with Crippen LogP contribution in [0.2, 0.25) is 0 Å². The van der Waals surface area contributed by atoms with E-state index in [-0.39, 0.29) is 0 Å². The Hall–Kier alpha value is -3.69. The fourth-order valence-corrected chi connectivity index (χ4v) is 6.33. The lowest BCUT2D eigenvalue weighted by Gasteiger charge is -2.13. The molecular formula is C28H21N3O2S3. The summed E-state index contributed by atoms with van der Waals surface area (Å²) in [5.41, 5.74) is 6.93. The van der Waals surface area contributed by atoms with E-state index < -0.39 is 5.97 Å². The second-order valence-corrected chi connectivity index (χ2v) is 10.8. The average molecular weight is 528 g/mol. The number of hydrogen-bond donors (Lipinski definition) is 1. The maximum Gasteiger partial charge on any atom is 0.300 e. The number of carbonyl (C=O) groups is 1. The number of aromatic nitrogens is 1. The zero-order chi connectivity index (χ0) is 25.5. The minimum Gasteiger partial charge on any atom is -0.481 e. The molecule has 0 spiro atoms. The van der Waals surface area contributed by atoms with Crippen molar-refractivity contribution in [3.63, 3.8) is 0 Å². The standard InChI is InChI=1S/C26H17N3S3.C2H4O2/c27-14-17-5-7-18(8-6-17)16-32-26-22(15-28)24(23-4-2-12-31-23)21-10-9-19(25(21)29-26)13-20-3-1-11-30-20;1-2(3)4/h1-8,11-13H,9-10,16H2;1H3,(H,3,4)/b19-13+;. The van der Waals surface area contributed by atoms with Gasteiger partial charge < -0.3 is 5.11 Å². The van der Waals surface area contributed by atoms with E-state index in [1.165, 1.54) is 16.0 Å². The highest BCUT2D eigenvalue weighted by atomic mass is 32.2. The van der Waals surface area contributed by atoms with Crippen molar-refractivity contribution in [2.75, 3.05) is 0 Å². The Kier molecular flexibility index (Phi) is 8.35. The van der Waals surface area contributed by atoms with Crippen LogP contribution in [0.1, 0.15) is 46.2 Å². The first-order valence-corrected chi connectivity index (χ1v) is 13.8. The first-order chi connectivity index (χ1) is 17.5. The van der Waals surface area contributed by atoms with Gasteiger partial charge in [-0.05, 0) is 70.6 Å². The van der Waals surface area contributed by atoms with Crippen LogP contribution in [-0.4, -0.2) is 16.1 Å². The molecule has 4 aromatic rings. The number of nitrogens with zero attached hydrogens (tertiary/aromatic N) is 3. The Labute approximate surface area is 222 Å². The Bertz CT molecular complexity index is 1470. The van der Waals surface area contributed by atoms with Crippen molar-refractivity contribution in [3.05, 3.63) is 92.1 Å². The molecule has 5 nitrogen and oxygen atoms in total. The van der Waals surface area contributed by atoms with Gasteiger partial charge in [0.15, 0.2) is 0 Å². The average Bonchev–Trinajstić information content (AvgIpc) is 3.65. The van der Waals surface area contributed by atoms with Gasteiger partial charge in [0.05, 0.1) is 22.9 Å². The van der Waals surface area contributed by atoms with E-state index in [1.807, 2.05) is 30.3 Å². The predicted octanol–water partition coefficient (Wildman–Crippen LogP) is 7.48. The molecule has 8 heteroatoms. The van der Waals surface area contributed by atoms with Crippen molar-refractivity contribution in [2.24, 2.45) is 0 Å². The summed E-state index contributed by atoms with van der Waals surface area (Å²) in [6.07, 6.45) is 4.08. The molecule has 3 heterocycles. The van der Waals surface area contributed by atoms with Gasteiger partial charge in [-0.15, -0.1) is 34.4 Å². The van der Waals surface area contributed by atoms with E-state index in [4.69, 9.17) is 20.1 Å². The summed E-state index contributed by atoms with van der Waals surface area (Å²) in [4.78, 5) is 16.4. The van der Waals surface area contributed by atoms with Crippen LogP contribution in [0, 0.1) is 22.7 Å². The van der Waals surface area contributed by atoms with Crippen LogP contribution < -0.4 is 0 Å². The summed E-state index contributed by atoms with van der Waals surface area (Å²) < 4.78 is 0. The molecule has 0 saturated carbocycles. The third-order valence-electron chi connectivity index (χ3n) is 5.41. The number of hydrogen-bond acceptors (Lipinski definition) is 7. The summed E-state index contributed by atoms with van der Waals surface area (Å²) in [7, 11) is 0. The SMILES string of the molecule is CC(=O)O.N#Cc1ccc(CSc2nc3c(c(-c4cccs4)c2C#N)CC/C3=C\c2cccs2)cc1. The summed E-state index contributed by atoms with van der Waals surface area (Å²) in [6, 6.07) is 20.5. The molecule has 0 unspecified atom stereocenters. The molecule has 178 valence electrons. The number of thioether (sulfide) groups is 1. The summed E-state index contributed by atoms with van der Waals surface area (Å²) in [6.45, 7) is 1.08. The molecule has 0 aliphatic heterocycles. The molecule has 0 bridgehead atoms. The number of rotatable bonds is 5. The monoisotopic (exact) mass is 527 g/mol. The predicted molar refractivity (Wildman–Crippen MR) is 147 cm³/mol. The first kappa shape index (κ1) is 25.4. The fraction of sp³-hybridized carbons (Fsp3) is 0.143. The van der Waals surface area contributed by atoms with Crippen molar-refractivity contribution >= 4 is 52.1 Å². The number of pyridine rings is 1. The third kappa shape index (κ3) is 5.92. The van der Waals surface area contributed by atoms with Gasteiger partial charge in [-0.3, -0.25) is 4.79 Å². The van der Waals surface area contributed by atoms with Gasteiger partial charge >= 0.3 is 0 Å². The van der Waals surface area contributed by atoms with E-state index >= 15 is 0 Å². The quantitative estimate of drug-likeness (QED) is 0.270. The minimum atomic E-state index is -0.833. The highest BCUT2D eigenvalue weighted by Crippen LogP contribution is 2.44. The Morgan fingerprint density at radius 3 is 2.42 bits per heavy atom. The molecule has 0 radical (unpaired) electrons. The van der Waals surface area contributed by atoms with Crippen LogP contribution in [0.25, 0.3) is 22.1 Å². The Morgan fingerprint density at radius 2 is 1.81 bits per heavy atom. The number of aliphatic carboxylic acids is 1. The molecule has 1 aliphatic rings. The zero-order valence-electron chi connectivity index (χ0n) is 19.4. The van der Waals surface area contributed by atoms with Crippen LogP contribution >= 0.6 is 34.4 Å². The number of fused-ring (bicyclic) bond motifs is 1. The van der Waals surface area contributed by atoms with Gasteiger partial charge in [-0.2, -0.15) is 10.5 Å². The lowest BCUT2D eigenvalue weighted by atomic mass is 10.0. The van der Waals surface area contributed by atoms with Crippen LogP contribution in [0.15, 0.2) is 64.3 Å². The molecule has 1 N–H and O–H groups in total. The second kappa shape index (κ2) is 11.8. The number of allylic oxidation sites excluding steroid dienone is 1. The Morgan fingerprint density at radius 1 is 1.08 bits per heavy atom. The van der Waals surface area contributed by atoms with E-state index in [2.05, 4.69) is 47.2 Å². The van der Waals surface area contributed by atoms with Crippen molar-refractivity contribution in [1.29, 1.82) is 10.5 Å². The molecule has 0 saturated heterocycles. The normalized spacial score (nSPS) is 12.8. The van der Waals surface area contributed by atoms with Crippen LogP contribution in [0.3, 0.4) is 0 Å². The van der Waals surface area contributed by atoms with Crippen LogP contribution in [-0.2, 0) is 17.0 Å². The zero-order valence-corrected chi connectivity index (χ0v) is 21.8. The van der Waals surface area contributed by atoms with Gasteiger partial charge in [0.1, 0.15) is 11.1 Å². The van der Waals surface area contributed by atoms with Crippen molar-refractivity contribution in [1.82, 2.24) is 4.98 Å². The third-order valence-corrected chi connectivity index (χ3v) is 8.16. The lowest BCUT2D eigenvalue weighted by Crippen LogP contribution is -2.00. The van der Waals surface area contributed by atoms with Crippen LogP contribution in [0.4, 0.5) is 0 Å². The number of carboxylic acids is 1. The molecule has 0 amide bonds. The molecular weight excluding hydrogens is 507 g/mol. The smallest absolute Gasteiger partial charge is 0.300 e. The van der Waals surface area contributed by atoms with Crippen molar-refractivity contribution < 1.29 is 9.90 Å². The van der Waals surface area contributed by atoms with Gasteiger partial charge in [0.25, 0.3) is 5.97 Å². The highest BCUT2D eigenvalue weighted by Gasteiger charge is 2.27. The molecule has 5 rings (SSSR count). The lowest BCUT2D eigenvalue weighted by molar-refractivity contribution is -0.134. The van der Waals surface area contributed by atoms with Crippen molar-refractivity contribution in [3.8, 4) is 22.6 Å². The number of carboxylic acid groups (broad SMARTS) is 1. The molecule has 0 fully saturated rings. The molecule has 1 aromatic carbocycles. The topological polar surface area (TPSA) is 97.8 Å². The van der Waals surface area contributed by atoms with E-state index in [0.29, 0.717) is 16.9 Å². The summed E-state index contributed by atoms with van der Waals surface area (Å²) in [5, 5.41) is 31.5. The maximum atomic E-state index is 10.1. The second-order valence-electron chi connectivity index (χ2n) is 7.88. The molecule has 36 heavy (non-hydrogen) atoms. The minimum absolute atomic E-state index is 0.649. The molecule has 1 aliphatic carbocycles. The van der Waals surface area contributed by atoms with Crippen molar-refractivity contribution in [2.45, 2.75) is 30.5 Å². The largest absolute Gasteiger partial charge is 0.481 e. The fourth-order valence-electron chi connectivity index (χ4n) is 3.90. The maximum absolute atomic E-state index is 10.1. The van der Waals surface area contributed by atoms with E-state index in [1.54, 1.807) is 34.4 Å². The number of thiophene rings is 2. The summed E-state index contributed by atoms with van der Waals surface area (Å²) in [5.74, 6) is -0.139. The molecule has 3 aromatic heterocycles. The van der Waals surface area contributed by atoms with E-state index in [0.717, 1.165) is 46.5 Å². The van der Waals surface area contributed by atoms with Gasteiger partial charge in [-0.1, -0.05) is 24.3 Å². The highest BCUT2D eigenvalue weighted by molar-refractivity contribution is 7.98. The molecule has 0 atom stereocenters. The number of benzene rings is 1. The number of nitriles is 2. The first-order valence-electron chi connectivity index (χ1n) is 11.1. The van der Waals surface area contributed by atoms with Crippen LogP contribution in [0.5, 0.6) is 0 Å². The van der Waals surface area contributed by atoms with Gasteiger partial charge in [0.2, 0.25) is 0 Å². The summed E-state index contributed by atoms with van der Waals surface area (Å²) >= 11 is 4.98. The van der Waals surface area contributed by atoms with E-state index in [9.17, 15) is 5.26 Å².